The van der Waals surface area contributed by atoms with Gasteiger partial charge in [-0.05, 0) is 196 Å². The predicted octanol–water partition coefficient (Wildman–Crippen LogP) is 28.0. The molecular formula is C110H74BClN6O4S2. The van der Waals surface area contributed by atoms with Crippen LogP contribution in [0.2, 0.25) is 5.28 Å². The van der Waals surface area contributed by atoms with Crippen LogP contribution in [0, 0.1) is 0 Å². The molecule has 0 N–H and O–H groups in total. The average Bonchev–Trinajstić information content (AvgIpc) is 1.53. The fourth-order valence-electron chi connectivity index (χ4n) is 19.0. The standard InChI is InChI=1S/C52H31N3OS.C37H31BO2S.C21H12ClN3O/c1-2-12-32(13-3-1)49-53-50(55-51(54-49)34-24-28-46-41(30-34)39-16-6-10-20-45(39)56-46)33-22-25-35(26-23-33)52(43-18-8-4-14-37(43)38-15-5-9-19-44(38)52)36-27-29-48-42(31-36)40-17-7-11-21-47(40)57-48;1-35(2)36(3,4)40-38(39-35)26-20-17-24(18-21-26)37(31-14-8-5-11-27(31)28-12-6-9-15-32(28)37)25-19-22-34-30(23-25)29-13-7-10-16-33(29)41-34;22-21-24-19(13-6-2-1-3-7-13)23-20(25-21)14-10-11-18-16(12-14)15-8-4-5-9-17(15)26-18/h1-31H;5-23H,1-4H3;1-12H. The van der Waals surface area contributed by atoms with Gasteiger partial charge in [0.2, 0.25) is 5.28 Å². The molecule has 0 spiro atoms. The number of furan rings is 2. The maximum atomic E-state index is 6.40. The maximum Gasteiger partial charge on any atom is 0.494 e. The molecule has 14 heteroatoms. The van der Waals surface area contributed by atoms with Gasteiger partial charge in [-0.2, -0.15) is 9.97 Å². The normalized spacial score (nSPS) is 14.3. The summed E-state index contributed by atoms with van der Waals surface area (Å²) in [5.41, 5.74) is 22.5. The van der Waals surface area contributed by atoms with E-state index in [1.165, 1.54) is 107 Å². The van der Waals surface area contributed by atoms with E-state index >= 15 is 0 Å². The summed E-state index contributed by atoms with van der Waals surface area (Å²) in [6.07, 6.45) is 0. The number of para-hydroxylation sites is 2. The molecule has 1 aliphatic heterocycles. The molecule has 2 aliphatic carbocycles. The van der Waals surface area contributed by atoms with Crippen molar-refractivity contribution in [1.82, 2.24) is 29.9 Å². The van der Waals surface area contributed by atoms with E-state index in [0.717, 1.165) is 77.2 Å². The van der Waals surface area contributed by atoms with Crippen molar-refractivity contribution in [2.24, 2.45) is 0 Å². The number of thiophene rings is 2. The van der Waals surface area contributed by atoms with Gasteiger partial charge in [0.25, 0.3) is 0 Å². The number of hydrogen-bond acceptors (Lipinski definition) is 12. The molecule has 0 amide bonds. The molecule has 1 saturated heterocycles. The highest BCUT2D eigenvalue weighted by atomic mass is 35.5. The van der Waals surface area contributed by atoms with Gasteiger partial charge in [-0.15, -0.1) is 22.7 Å². The van der Waals surface area contributed by atoms with Crippen LogP contribution in [0.15, 0.2) is 385 Å². The lowest BCUT2D eigenvalue weighted by atomic mass is 9.66. The van der Waals surface area contributed by atoms with Crippen LogP contribution in [-0.4, -0.2) is 48.2 Å². The first kappa shape index (κ1) is 74.9. The Morgan fingerprint density at radius 2 is 0.556 bits per heavy atom. The molecule has 0 saturated carbocycles. The Hall–Kier alpha value is -14.1. The van der Waals surface area contributed by atoms with Crippen LogP contribution >= 0.6 is 34.3 Å². The molecule has 22 aromatic rings. The van der Waals surface area contributed by atoms with Crippen LogP contribution in [0.3, 0.4) is 0 Å². The summed E-state index contributed by atoms with van der Waals surface area (Å²) in [5, 5.41) is 9.58. The highest BCUT2D eigenvalue weighted by Crippen LogP contribution is 2.59. The zero-order valence-corrected chi connectivity index (χ0v) is 70.3. The Morgan fingerprint density at radius 3 is 0.984 bits per heavy atom. The Morgan fingerprint density at radius 1 is 0.250 bits per heavy atom. The van der Waals surface area contributed by atoms with E-state index in [1.54, 1.807) is 0 Å². The number of rotatable bonds is 10. The summed E-state index contributed by atoms with van der Waals surface area (Å²) >= 11 is 9.88. The Labute approximate surface area is 728 Å². The summed E-state index contributed by atoms with van der Waals surface area (Å²) in [5.74, 6) is 2.95. The fourth-order valence-corrected chi connectivity index (χ4v) is 21.3. The minimum absolute atomic E-state index is 0.172. The topological polar surface area (TPSA) is 122 Å². The lowest BCUT2D eigenvalue weighted by Crippen LogP contribution is -2.41. The van der Waals surface area contributed by atoms with Crippen LogP contribution in [0.1, 0.15) is 72.2 Å². The zero-order chi connectivity index (χ0) is 83.0. The molecule has 16 aromatic carbocycles. The van der Waals surface area contributed by atoms with Crippen molar-refractivity contribution in [3.63, 3.8) is 0 Å². The Balaban J connectivity index is 0.000000116. The summed E-state index contributed by atoms with van der Waals surface area (Å²) in [7, 11) is -0.387. The summed E-state index contributed by atoms with van der Waals surface area (Å²) in [6.45, 7) is 8.42. The van der Waals surface area contributed by atoms with Crippen molar-refractivity contribution in [2.45, 2.75) is 49.7 Å². The Bertz CT molecular complexity index is 7900. The van der Waals surface area contributed by atoms with E-state index in [1.807, 2.05) is 156 Å². The van der Waals surface area contributed by atoms with Gasteiger partial charge in [0.15, 0.2) is 29.1 Å². The van der Waals surface area contributed by atoms with Crippen molar-refractivity contribution >= 4 is 131 Å². The molecule has 6 aromatic heterocycles. The highest BCUT2D eigenvalue weighted by molar-refractivity contribution is 7.26. The van der Waals surface area contributed by atoms with Crippen molar-refractivity contribution in [3.8, 4) is 79.2 Å². The molecular weight excluding hydrogens is 1580 g/mol. The van der Waals surface area contributed by atoms with Crippen LogP contribution in [0.25, 0.3) is 163 Å². The predicted molar refractivity (Wildman–Crippen MR) is 509 cm³/mol. The molecule has 0 radical (unpaired) electrons. The van der Waals surface area contributed by atoms with E-state index in [9.17, 15) is 0 Å². The van der Waals surface area contributed by atoms with Crippen molar-refractivity contribution < 1.29 is 18.1 Å². The minimum atomic E-state index is -0.537. The Kier molecular flexibility index (Phi) is 17.9. The highest BCUT2D eigenvalue weighted by Gasteiger charge is 2.53. The van der Waals surface area contributed by atoms with E-state index in [0.29, 0.717) is 29.1 Å². The van der Waals surface area contributed by atoms with Gasteiger partial charge in [0.1, 0.15) is 22.3 Å². The van der Waals surface area contributed by atoms with E-state index < -0.39 is 10.8 Å². The third-order valence-electron chi connectivity index (χ3n) is 25.5. The lowest BCUT2D eigenvalue weighted by molar-refractivity contribution is 0.00578. The molecule has 7 heterocycles. The van der Waals surface area contributed by atoms with Gasteiger partial charge in [0, 0.05) is 89.7 Å². The first-order valence-corrected chi connectivity index (χ1v) is 43.7. The molecule has 124 heavy (non-hydrogen) atoms. The molecule has 0 atom stereocenters. The van der Waals surface area contributed by atoms with E-state index in [4.69, 9.17) is 44.7 Å². The first-order chi connectivity index (χ1) is 60.8. The monoisotopic (exact) mass is 1650 g/mol. The third kappa shape index (κ3) is 12.3. The SMILES string of the molecule is CC1(C)OB(c2ccc(C3(c4ccc5sc6ccccc6c5c4)c4ccccc4-c4ccccc43)cc2)OC1(C)C.Clc1nc(-c2ccccc2)nc(-c2ccc3oc4ccccc4c3c2)n1.c1ccc(-c2nc(-c3ccc(C4(c5ccc6sc7ccccc7c6c5)c5ccccc5-c5ccccc54)cc3)nc(-c3ccc4oc5ccccc5c4c3)n2)cc1. The number of nitrogens with zero attached hydrogens (tertiary/aromatic N) is 6. The molecule has 25 rings (SSSR count). The average molecular weight is 1650 g/mol. The van der Waals surface area contributed by atoms with Crippen LogP contribution in [0.4, 0.5) is 0 Å². The molecule has 3 aliphatic rings. The second-order valence-corrected chi connectivity index (χ2v) is 35.5. The van der Waals surface area contributed by atoms with Crippen molar-refractivity contribution in [2.75, 3.05) is 0 Å². The van der Waals surface area contributed by atoms with Gasteiger partial charge in [-0.25, -0.2) is 19.9 Å². The summed E-state index contributed by atoms with van der Waals surface area (Å²) in [6, 6.07) is 133. The second-order valence-electron chi connectivity index (χ2n) is 33.0. The van der Waals surface area contributed by atoms with Gasteiger partial charge >= 0.3 is 7.12 Å². The van der Waals surface area contributed by atoms with E-state index in [2.05, 4.69) is 285 Å². The number of halogens is 1. The second kappa shape index (κ2) is 29.6. The summed E-state index contributed by atoms with van der Waals surface area (Å²) < 4.78 is 30.1. The minimum Gasteiger partial charge on any atom is -0.456 e. The van der Waals surface area contributed by atoms with Gasteiger partial charge in [-0.1, -0.05) is 291 Å². The third-order valence-corrected chi connectivity index (χ3v) is 28.0. The van der Waals surface area contributed by atoms with Gasteiger partial charge < -0.3 is 18.1 Å². The van der Waals surface area contributed by atoms with Crippen LogP contribution in [0.5, 0.6) is 0 Å². The molecule has 0 bridgehead atoms. The number of hydrogen-bond donors (Lipinski definition) is 0. The van der Waals surface area contributed by atoms with Crippen molar-refractivity contribution in [1.29, 1.82) is 0 Å². The largest absolute Gasteiger partial charge is 0.494 e. The number of aromatic nitrogens is 6. The zero-order valence-electron chi connectivity index (χ0n) is 67.9. The lowest BCUT2D eigenvalue weighted by Gasteiger charge is -2.34. The quantitative estimate of drug-likeness (QED) is 0.122. The van der Waals surface area contributed by atoms with E-state index in [-0.39, 0.29) is 23.6 Å². The number of fused-ring (bicyclic) bond motifs is 18. The molecule has 1 fully saturated rings. The summed E-state index contributed by atoms with van der Waals surface area (Å²) in [4.78, 5) is 28.5. The van der Waals surface area contributed by atoms with Crippen LogP contribution in [-0.2, 0) is 20.1 Å². The smallest absolute Gasteiger partial charge is 0.456 e. The molecule has 10 nitrogen and oxygen atoms in total. The van der Waals surface area contributed by atoms with Gasteiger partial charge in [0.05, 0.1) is 22.0 Å². The molecule has 590 valence electrons. The number of benzene rings is 16. The van der Waals surface area contributed by atoms with Crippen molar-refractivity contribution in [3.05, 3.63) is 426 Å². The fraction of sp³-hybridized carbons (Fsp3) is 0.0727. The van der Waals surface area contributed by atoms with Gasteiger partial charge in [-0.3, -0.25) is 0 Å². The maximum absolute atomic E-state index is 6.40. The van der Waals surface area contributed by atoms with Crippen LogP contribution < -0.4 is 5.46 Å². The molecule has 0 unspecified atom stereocenters. The first-order valence-electron chi connectivity index (χ1n) is 41.7.